The number of carbonyl (C=O) groups is 1. The summed E-state index contributed by atoms with van der Waals surface area (Å²) in [6.45, 7) is 1.44. The Balaban J connectivity index is 2.51. The fourth-order valence-electron chi connectivity index (χ4n) is 2.13. The van der Waals surface area contributed by atoms with Gasteiger partial charge in [0.05, 0.1) is 11.6 Å². The molecular formula is C12H13ClN2O5S. The van der Waals surface area contributed by atoms with Crippen molar-refractivity contribution in [1.29, 1.82) is 0 Å². The third kappa shape index (κ3) is 3.35. The summed E-state index contributed by atoms with van der Waals surface area (Å²) >= 11 is 5.78. The molecule has 0 fully saturated rings. The monoisotopic (exact) mass is 332 g/mol. The largest absolute Gasteiger partial charge is 0.478 e. The summed E-state index contributed by atoms with van der Waals surface area (Å²) in [6.07, 6.45) is 0. The van der Waals surface area contributed by atoms with Gasteiger partial charge in [-0.3, -0.25) is 9.87 Å². The van der Waals surface area contributed by atoms with E-state index >= 15 is 0 Å². The van der Waals surface area contributed by atoms with Crippen LogP contribution in [0.15, 0.2) is 35.5 Å². The highest BCUT2D eigenvalue weighted by Gasteiger charge is 2.36. The maximum absolute atomic E-state index is 11.4. The normalized spacial score (nSPS) is 22.8. The Labute approximate surface area is 126 Å². The second-order valence-electron chi connectivity index (χ2n) is 4.53. The lowest BCUT2D eigenvalue weighted by Gasteiger charge is -2.32. The van der Waals surface area contributed by atoms with Crippen LogP contribution >= 0.6 is 11.6 Å². The van der Waals surface area contributed by atoms with E-state index in [4.69, 9.17) is 16.2 Å². The summed E-state index contributed by atoms with van der Waals surface area (Å²) < 4.78 is 31.7. The number of halogens is 1. The molecule has 1 heterocycles. The van der Waals surface area contributed by atoms with Gasteiger partial charge in [-0.25, -0.2) is 4.79 Å². The standard InChI is InChI=1S/C12H13ClN2O5S/c1-6-9(11(16)17)10(7-2-4-8(13)5-3-7)15-12(14-6)21(18,19)20/h2-5,10,12,14-15H,1H3,(H,16,17)(H,18,19,20). The molecule has 9 heteroatoms. The maximum atomic E-state index is 11.4. The van der Waals surface area contributed by atoms with Crippen molar-refractivity contribution in [3.05, 3.63) is 46.1 Å². The highest BCUT2D eigenvalue weighted by atomic mass is 35.5. The Morgan fingerprint density at radius 3 is 2.33 bits per heavy atom. The molecule has 0 radical (unpaired) electrons. The zero-order valence-corrected chi connectivity index (χ0v) is 12.4. The van der Waals surface area contributed by atoms with Gasteiger partial charge in [0.25, 0.3) is 10.1 Å². The molecule has 1 aromatic rings. The van der Waals surface area contributed by atoms with Crippen molar-refractivity contribution in [2.75, 3.05) is 0 Å². The fourth-order valence-corrected chi connectivity index (χ4v) is 2.89. The molecule has 0 aromatic heterocycles. The van der Waals surface area contributed by atoms with E-state index in [0.29, 0.717) is 10.6 Å². The van der Waals surface area contributed by atoms with Gasteiger partial charge in [-0.2, -0.15) is 8.42 Å². The number of aliphatic carboxylic acids is 1. The molecule has 1 aliphatic heterocycles. The minimum absolute atomic E-state index is 0.0303. The summed E-state index contributed by atoms with van der Waals surface area (Å²) in [5.74, 6) is -1.19. The molecule has 2 unspecified atom stereocenters. The zero-order valence-electron chi connectivity index (χ0n) is 10.9. The van der Waals surface area contributed by atoms with Crippen LogP contribution in [0.4, 0.5) is 0 Å². The Kier molecular flexibility index (Phi) is 4.24. The molecule has 7 nitrogen and oxygen atoms in total. The number of hydrogen-bond donors (Lipinski definition) is 4. The average molecular weight is 333 g/mol. The van der Waals surface area contributed by atoms with E-state index in [1.807, 2.05) is 0 Å². The van der Waals surface area contributed by atoms with Crippen molar-refractivity contribution in [3.8, 4) is 0 Å². The smallest absolute Gasteiger partial charge is 0.335 e. The van der Waals surface area contributed by atoms with Gasteiger partial charge in [-0.1, -0.05) is 23.7 Å². The molecule has 0 spiro atoms. The van der Waals surface area contributed by atoms with E-state index < -0.39 is 27.6 Å². The van der Waals surface area contributed by atoms with Gasteiger partial charge in [0, 0.05) is 10.7 Å². The molecule has 0 saturated heterocycles. The lowest BCUT2D eigenvalue weighted by Crippen LogP contribution is -2.53. The first-order valence-electron chi connectivity index (χ1n) is 5.88. The predicted molar refractivity (Wildman–Crippen MR) is 76.1 cm³/mol. The Bertz CT molecular complexity index is 699. The topological polar surface area (TPSA) is 116 Å². The summed E-state index contributed by atoms with van der Waals surface area (Å²) in [5, 5.41) is 14.8. The highest BCUT2D eigenvalue weighted by Crippen LogP contribution is 2.29. The van der Waals surface area contributed by atoms with Gasteiger partial charge >= 0.3 is 5.97 Å². The maximum Gasteiger partial charge on any atom is 0.335 e. The minimum atomic E-state index is -4.43. The van der Waals surface area contributed by atoms with E-state index in [1.54, 1.807) is 24.3 Å². The molecule has 0 amide bonds. The van der Waals surface area contributed by atoms with Crippen LogP contribution in [0.3, 0.4) is 0 Å². The molecule has 2 rings (SSSR count). The minimum Gasteiger partial charge on any atom is -0.478 e. The molecule has 0 bridgehead atoms. The SMILES string of the molecule is CC1=C(C(=O)O)C(c2ccc(Cl)cc2)NC(S(=O)(=O)O)N1. The first-order valence-corrected chi connectivity index (χ1v) is 7.76. The Morgan fingerprint density at radius 2 is 1.86 bits per heavy atom. The quantitative estimate of drug-likeness (QED) is 0.612. The number of nitrogens with one attached hydrogen (secondary N) is 2. The average Bonchev–Trinajstić information content (AvgIpc) is 2.37. The molecular weight excluding hydrogens is 320 g/mol. The van der Waals surface area contributed by atoms with Crippen molar-refractivity contribution in [1.82, 2.24) is 10.6 Å². The van der Waals surface area contributed by atoms with Crippen molar-refractivity contribution in [2.45, 2.75) is 18.5 Å². The summed E-state index contributed by atoms with van der Waals surface area (Å²) in [7, 11) is -4.43. The van der Waals surface area contributed by atoms with Gasteiger partial charge in [-0.05, 0) is 24.6 Å². The van der Waals surface area contributed by atoms with E-state index in [9.17, 15) is 18.3 Å². The Hall–Kier alpha value is -1.61. The second-order valence-corrected chi connectivity index (χ2v) is 6.47. The van der Waals surface area contributed by atoms with Crippen LogP contribution in [0, 0.1) is 0 Å². The number of hydrogen-bond acceptors (Lipinski definition) is 5. The van der Waals surface area contributed by atoms with Crippen molar-refractivity contribution < 1.29 is 22.9 Å². The van der Waals surface area contributed by atoms with Gasteiger partial charge < -0.3 is 10.4 Å². The number of benzene rings is 1. The van der Waals surface area contributed by atoms with Gasteiger partial charge in [0.1, 0.15) is 0 Å². The number of carboxylic acids is 1. The van der Waals surface area contributed by atoms with Crippen LogP contribution < -0.4 is 10.6 Å². The molecule has 2 atom stereocenters. The van der Waals surface area contributed by atoms with Gasteiger partial charge in [0.2, 0.25) is 5.50 Å². The predicted octanol–water partition coefficient (Wildman–Crippen LogP) is 1.10. The Morgan fingerprint density at radius 1 is 1.29 bits per heavy atom. The van der Waals surface area contributed by atoms with E-state index in [0.717, 1.165) is 0 Å². The summed E-state index contributed by atoms with van der Waals surface area (Å²) in [6, 6.07) is 5.41. The molecule has 0 saturated carbocycles. The van der Waals surface area contributed by atoms with E-state index in [-0.39, 0.29) is 11.3 Å². The number of carboxylic acid groups (broad SMARTS) is 1. The van der Waals surface area contributed by atoms with E-state index in [2.05, 4.69) is 10.6 Å². The van der Waals surface area contributed by atoms with Crippen LogP contribution in [0.5, 0.6) is 0 Å². The van der Waals surface area contributed by atoms with Crippen LogP contribution in [-0.2, 0) is 14.9 Å². The zero-order chi connectivity index (χ0) is 15.8. The molecule has 4 N–H and O–H groups in total. The van der Waals surface area contributed by atoms with Crippen LogP contribution in [-0.4, -0.2) is 29.5 Å². The van der Waals surface area contributed by atoms with Crippen molar-refractivity contribution in [3.63, 3.8) is 0 Å². The number of allylic oxidation sites excluding steroid dienone is 1. The first-order chi connectivity index (χ1) is 9.70. The van der Waals surface area contributed by atoms with Crippen molar-refractivity contribution in [2.24, 2.45) is 0 Å². The molecule has 1 aromatic carbocycles. The second kappa shape index (κ2) is 5.64. The van der Waals surface area contributed by atoms with Gasteiger partial charge in [-0.15, -0.1) is 0 Å². The van der Waals surface area contributed by atoms with Crippen LogP contribution in [0.2, 0.25) is 5.02 Å². The molecule has 21 heavy (non-hydrogen) atoms. The lowest BCUT2D eigenvalue weighted by molar-refractivity contribution is -0.133. The summed E-state index contributed by atoms with van der Waals surface area (Å²) in [5.41, 5.74) is -0.839. The lowest BCUT2D eigenvalue weighted by atomic mass is 9.96. The van der Waals surface area contributed by atoms with Crippen LogP contribution in [0.1, 0.15) is 18.5 Å². The molecule has 114 valence electrons. The van der Waals surface area contributed by atoms with E-state index in [1.165, 1.54) is 6.92 Å². The van der Waals surface area contributed by atoms with Gasteiger partial charge in [0.15, 0.2) is 0 Å². The third-order valence-electron chi connectivity index (χ3n) is 3.09. The third-order valence-corrected chi connectivity index (χ3v) is 4.19. The van der Waals surface area contributed by atoms with Crippen LogP contribution in [0.25, 0.3) is 0 Å². The highest BCUT2D eigenvalue weighted by molar-refractivity contribution is 7.86. The first kappa shape index (κ1) is 15.8. The fraction of sp³-hybridized carbons (Fsp3) is 0.250. The summed E-state index contributed by atoms with van der Waals surface area (Å²) in [4.78, 5) is 11.4. The molecule has 1 aliphatic rings. The molecule has 0 aliphatic carbocycles. The number of rotatable bonds is 3. The van der Waals surface area contributed by atoms with Crippen molar-refractivity contribution >= 4 is 27.7 Å².